The van der Waals surface area contributed by atoms with Crippen molar-refractivity contribution in [1.82, 2.24) is 15.2 Å². The van der Waals surface area contributed by atoms with Gasteiger partial charge in [-0.1, -0.05) is 25.3 Å². The highest BCUT2D eigenvalue weighted by Crippen LogP contribution is 2.24. The maximum Gasteiger partial charge on any atom is 0.266 e. The van der Waals surface area contributed by atoms with Crippen LogP contribution >= 0.6 is 0 Å². The number of hydrogen-bond acceptors (Lipinski definition) is 6. The summed E-state index contributed by atoms with van der Waals surface area (Å²) in [5, 5.41) is 17.8. The largest absolute Gasteiger partial charge is 0.478 e. The molecule has 6 heteroatoms. The second-order valence-electron chi connectivity index (χ2n) is 4.87. The summed E-state index contributed by atoms with van der Waals surface area (Å²) in [5.41, 5.74) is 0.561. The Balaban J connectivity index is 1.90. The number of aliphatic hydroxyl groups is 1. The molecular formula is C14H17N3O3. The summed E-state index contributed by atoms with van der Waals surface area (Å²) in [6, 6.07) is 5.42. The molecule has 1 aliphatic heterocycles. The highest BCUT2D eigenvalue weighted by molar-refractivity contribution is 5.47. The molecule has 0 fully saturated rings. The quantitative estimate of drug-likeness (QED) is 0.795. The Bertz CT molecular complexity index is 570. The molecule has 3 rings (SSSR count). The first-order valence-corrected chi connectivity index (χ1v) is 6.94. The zero-order valence-corrected chi connectivity index (χ0v) is 11.2. The molecule has 2 aromatic rings. The van der Waals surface area contributed by atoms with Gasteiger partial charge < -0.3 is 14.3 Å². The summed E-state index contributed by atoms with van der Waals surface area (Å²) in [6.45, 7) is 0.647. The number of nitrogens with zero attached hydrogens (tertiary/aromatic N) is 3. The Morgan fingerprint density at radius 1 is 1.10 bits per heavy atom. The normalized spacial score (nSPS) is 19.9. The van der Waals surface area contributed by atoms with Gasteiger partial charge in [0.15, 0.2) is 0 Å². The lowest BCUT2D eigenvalue weighted by Crippen LogP contribution is -2.01. The van der Waals surface area contributed by atoms with E-state index in [1.54, 1.807) is 6.07 Å². The molecule has 2 aromatic heterocycles. The van der Waals surface area contributed by atoms with Gasteiger partial charge in [-0.25, -0.2) is 4.98 Å². The van der Waals surface area contributed by atoms with Gasteiger partial charge in [0.05, 0.1) is 6.61 Å². The van der Waals surface area contributed by atoms with Crippen LogP contribution in [0, 0.1) is 0 Å². The standard InChI is InChI=1S/C14H17N3O3/c18-11-7-3-1-2-4-9-19-12-8-5-6-10(15-12)13-16-17-14(11)20-13/h5-6,8,11,18H,1-4,7,9H2. The fraction of sp³-hybridized carbons (Fsp3) is 0.500. The molecule has 3 heterocycles. The lowest BCUT2D eigenvalue weighted by atomic mass is 10.1. The topological polar surface area (TPSA) is 81.3 Å². The van der Waals surface area contributed by atoms with Gasteiger partial charge >= 0.3 is 0 Å². The van der Waals surface area contributed by atoms with Crippen LogP contribution in [0.25, 0.3) is 11.6 Å². The summed E-state index contributed by atoms with van der Waals surface area (Å²) in [6.07, 6.45) is 3.98. The van der Waals surface area contributed by atoms with Gasteiger partial charge in [0.1, 0.15) is 11.8 Å². The third-order valence-corrected chi connectivity index (χ3v) is 3.29. The molecular weight excluding hydrogens is 258 g/mol. The lowest BCUT2D eigenvalue weighted by Gasteiger charge is -2.08. The van der Waals surface area contributed by atoms with E-state index >= 15 is 0 Å². The molecule has 0 saturated heterocycles. The maximum atomic E-state index is 10.0. The number of ether oxygens (including phenoxy) is 1. The Kier molecular flexibility index (Phi) is 3.92. The first-order valence-electron chi connectivity index (χ1n) is 6.94. The molecule has 20 heavy (non-hydrogen) atoms. The monoisotopic (exact) mass is 275 g/mol. The van der Waals surface area contributed by atoms with Gasteiger partial charge in [-0.05, 0) is 18.9 Å². The van der Waals surface area contributed by atoms with E-state index in [0.29, 0.717) is 30.5 Å². The Hall–Kier alpha value is -1.95. The van der Waals surface area contributed by atoms with Crippen LogP contribution < -0.4 is 4.74 Å². The van der Waals surface area contributed by atoms with Crippen molar-refractivity contribution < 1.29 is 14.3 Å². The lowest BCUT2D eigenvalue weighted by molar-refractivity contribution is 0.131. The van der Waals surface area contributed by atoms with Gasteiger partial charge in [-0.15, -0.1) is 10.2 Å². The summed E-state index contributed by atoms with van der Waals surface area (Å²) in [4.78, 5) is 4.33. The summed E-state index contributed by atoms with van der Waals surface area (Å²) in [7, 11) is 0. The number of rotatable bonds is 0. The van der Waals surface area contributed by atoms with Crippen molar-refractivity contribution in [3.8, 4) is 17.5 Å². The Morgan fingerprint density at radius 2 is 2.00 bits per heavy atom. The van der Waals surface area contributed by atoms with Crippen molar-refractivity contribution in [1.29, 1.82) is 0 Å². The first-order chi connectivity index (χ1) is 9.83. The van der Waals surface area contributed by atoms with Crippen LogP contribution in [0.5, 0.6) is 5.88 Å². The van der Waals surface area contributed by atoms with Crippen molar-refractivity contribution in [2.45, 2.75) is 38.2 Å². The maximum absolute atomic E-state index is 10.0. The summed E-state index contributed by atoms with van der Waals surface area (Å²) in [5.74, 6) is 1.12. The van der Waals surface area contributed by atoms with E-state index in [9.17, 15) is 5.11 Å². The van der Waals surface area contributed by atoms with E-state index in [1.807, 2.05) is 12.1 Å². The van der Waals surface area contributed by atoms with E-state index in [1.165, 1.54) is 0 Å². The first kappa shape index (κ1) is 13.1. The molecule has 106 valence electrons. The molecule has 1 N–H and O–H groups in total. The highest BCUT2D eigenvalue weighted by atomic mass is 16.5. The fourth-order valence-corrected chi connectivity index (χ4v) is 2.18. The molecule has 1 aliphatic rings. The van der Waals surface area contributed by atoms with Gasteiger partial charge in [0.25, 0.3) is 5.89 Å². The van der Waals surface area contributed by atoms with Crippen LogP contribution in [-0.2, 0) is 0 Å². The second kappa shape index (κ2) is 6.00. The number of pyridine rings is 1. The number of aliphatic hydroxyl groups excluding tert-OH is 1. The molecule has 0 aromatic carbocycles. The van der Waals surface area contributed by atoms with Crippen molar-refractivity contribution in [3.63, 3.8) is 0 Å². The molecule has 0 spiro atoms. The molecule has 0 radical (unpaired) electrons. The highest BCUT2D eigenvalue weighted by Gasteiger charge is 2.17. The van der Waals surface area contributed by atoms with Gasteiger partial charge in [0, 0.05) is 6.07 Å². The average molecular weight is 275 g/mol. The SMILES string of the molecule is OC1CCCCCCOc2cccc(n2)-c2nnc1o2. The van der Waals surface area contributed by atoms with Crippen LogP contribution in [-0.4, -0.2) is 26.9 Å². The predicted molar refractivity (Wildman–Crippen MR) is 71.1 cm³/mol. The van der Waals surface area contributed by atoms with Gasteiger partial charge in [-0.2, -0.15) is 0 Å². The van der Waals surface area contributed by atoms with Crippen molar-refractivity contribution in [3.05, 3.63) is 24.1 Å². The zero-order valence-electron chi connectivity index (χ0n) is 11.2. The van der Waals surface area contributed by atoms with Crippen LogP contribution in [0.2, 0.25) is 0 Å². The van der Waals surface area contributed by atoms with E-state index in [-0.39, 0.29) is 5.89 Å². The third-order valence-electron chi connectivity index (χ3n) is 3.29. The van der Waals surface area contributed by atoms with E-state index < -0.39 is 6.10 Å². The fourth-order valence-electron chi connectivity index (χ4n) is 2.18. The predicted octanol–water partition coefficient (Wildman–Crippen LogP) is 2.51. The average Bonchev–Trinajstić information content (AvgIpc) is 2.95. The van der Waals surface area contributed by atoms with Gasteiger partial charge in [0.2, 0.25) is 11.8 Å². The minimum atomic E-state index is -0.696. The van der Waals surface area contributed by atoms with E-state index in [4.69, 9.17) is 9.15 Å². The third kappa shape index (κ3) is 2.96. The van der Waals surface area contributed by atoms with Crippen LogP contribution in [0.4, 0.5) is 0 Å². The minimum absolute atomic E-state index is 0.255. The van der Waals surface area contributed by atoms with Crippen molar-refractivity contribution >= 4 is 0 Å². The molecule has 0 amide bonds. The Labute approximate surface area is 116 Å². The van der Waals surface area contributed by atoms with Crippen molar-refractivity contribution in [2.24, 2.45) is 0 Å². The molecule has 4 bridgehead atoms. The smallest absolute Gasteiger partial charge is 0.266 e. The molecule has 6 nitrogen and oxygen atoms in total. The Morgan fingerprint density at radius 3 is 2.95 bits per heavy atom. The van der Waals surface area contributed by atoms with E-state index in [2.05, 4.69) is 15.2 Å². The van der Waals surface area contributed by atoms with Crippen LogP contribution in [0.3, 0.4) is 0 Å². The second-order valence-corrected chi connectivity index (χ2v) is 4.87. The number of fused-ring (bicyclic) bond motifs is 5. The molecule has 0 saturated carbocycles. The summed E-state index contributed by atoms with van der Waals surface area (Å²) < 4.78 is 11.1. The van der Waals surface area contributed by atoms with Crippen molar-refractivity contribution in [2.75, 3.05) is 6.61 Å². The molecule has 0 aliphatic carbocycles. The number of aromatic nitrogens is 3. The minimum Gasteiger partial charge on any atom is -0.478 e. The van der Waals surface area contributed by atoms with Crippen LogP contribution in [0.1, 0.15) is 44.1 Å². The molecule has 1 atom stereocenters. The molecule has 1 unspecified atom stereocenters. The van der Waals surface area contributed by atoms with Crippen LogP contribution in [0.15, 0.2) is 22.6 Å². The summed E-state index contributed by atoms with van der Waals surface area (Å²) >= 11 is 0. The van der Waals surface area contributed by atoms with E-state index in [0.717, 1.165) is 25.7 Å². The number of hydrogen-bond donors (Lipinski definition) is 1. The zero-order chi connectivity index (χ0) is 13.8. The van der Waals surface area contributed by atoms with Gasteiger partial charge in [-0.3, -0.25) is 0 Å².